The van der Waals surface area contributed by atoms with E-state index in [0.29, 0.717) is 19.7 Å². The van der Waals surface area contributed by atoms with Crippen LogP contribution in [0.25, 0.3) is 0 Å². The van der Waals surface area contributed by atoms with E-state index < -0.39 is 0 Å². The Balaban J connectivity index is 1.62. The SMILES string of the molecule is CCNC(=NCc1ccc(N2CCOC(C)C2)nc1)N1CCCC(C(=O)OCC)C1. The Morgan fingerprint density at radius 3 is 2.90 bits per heavy atom. The summed E-state index contributed by atoms with van der Waals surface area (Å²) in [5, 5.41) is 3.36. The zero-order valence-corrected chi connectivity index (χ0v) is 18.5. The molecule has 0 aromatic carbocycles. The lowest BCUT2D eigenvalue weighted by molar-refractivity contribution is -0.149. The van der Waals surface area contributed by atoms with Gasteiger partial charge in [-0.15, -0.1) is 0 Å². The first kappa shape index (κ1) is 22.3. The summed E-state index contributed by atoms with van der Waals surface area (Å²) in [6, 6.07) is 4.15. The molecular formula is C22H35N5O3. The zero-order valence-electron chi connectivity index (χ0n) is 18.5. The number of pyridine rings is 1. The van der Waals surface area contributed by atoms with E-state index in [1.165, 1.54) is 0 Å². The molecule has 166 valence electrons. The second-order valence-corrected chi connectivity index (χ2v) is 7.86. The standard InChI is InChI=1S/C22H35N5O3/c1-4-23-22(27-10-6-7-19(16-27)21(28)29-5-2)25-14-18-8-9-20(24-13-18)26-11-12-30-17(3)15-26/h8-9,13,17,19H,4-7,10-12,14-16H2,1-3H3,(H,23,25). The van der Waals surface area contributed by atoms with Crippen molar-refractivity contribution in [2.45, 2.75) is 46.3 Å². The average Bonchev–Trinajstić information content (AvgIpc) is 2.77. The molecule has 2 aliphatic heterocycles. The van der Waals surface area contributed by atoms with Gasteiger partial charge in [-0.1, -0.05) is 6.07 Å². The van der Waals surface area contributed by atoms with Crippen LogP contribution in [0.15, 0.2) is 23.3 Å². The van der Waals surface area contributed by atoms with Crippen LogP contribution in [-0.4, -0.2) is 73.9 Å². The summed E-state index contributed by atoms with van der Waals surface area (Å²) in [4.78, 5) is 26.0. The van der Waals surface area contributed by atoms with E-state index in [1.54, 1.807) is 0 Å². The van der Waals surface area contributed by atoms with Gasteiger partial charge in [0.2, 0.25) is 0 Å². The van der Waals surface area contributed by atoms with Gasteiger partial charge in [-0.3, -0.25) is 4.79 Å². The summed E-state index contributed by atoms with van der Waals surface area (Å²) in [7, 11) is 0. The number of hydrogen-bond donors (Lipinski definition) is 1. The van der Waals surface area contributed by atoms with Crippen LogP contribution >= 0.6 is 0 Å². The van der Waals surface area contributed by atoms with Gasteiger partial charge < -0.3 is 24.6 Å². The lowest BCUT2D eigenvalue weighted by Crippen LogP contribution is -2.48. The highest BCUT2D eigenvalue weighted by Gasteiger charge is 2.28. The minimum absolute atomic E-state index is 0.0839. The summed E-state index contributed by atoms with van der Waals surface area (Å²) >= 11 is 0. The lowest BCUT2D eigenvalue weighted by Gasteiger charge is -2.34. The minimum Gasteiger partial charge on any atom is -0.466 e. The van der Waals surface area contributed by atoms with Crippen LogP contribution in [0, 0.1) is 5.92 Å². The number of rotatable bonds is 6. The molecule has 0 saturated carbocycles. The third-order valence-electron chi connectivity index (χ3n) is 5.46. The highest BCUT2D eigenvalue weighted by molar-refractivity contribution is 5.81. The molecule has 0 amide bonds. The highest BCUT2D eigenvalue weighted by atomic mass is 16.5. The molecule has 1 aromatic rings. The number of likely N-dealkylation sites (tertiary alicyclic amines) is 1. The number of ether oxygens (including phenoxy) is 2. The second-order valence-electron chi connectivity index (χ2n) is 7.86. The van der Waals surface area contributed by atoms with Crippen molar-refractivity contribution in [2.75, 3.05) is 50.8 Å². The maximum absolute atomic E-state index is 12.2. The second kappa shape index (κ2) is 11.2. The fourth-order valence-electron chi connectivity index (χ4n) is 3.94. The van der Waals surface area contributed by atoms with Crippen molar-refractivity contribution in [2.24, 2.45) is 10.9 Å². The molecule has 2 aliphatic rings. The summed E-state index contributed by atoms with van der Waals surface area (Å²) < 4.78 is 10.8. The molecule has 30 heavy (non-hydrogen) atoms. The van der Waals surface area contributed by atoms with Gasteiger partial charge in [-0.05, 0) is 45.2 Å². The summed E-state index contributed by atoms with van der Waals surface area (Å²) in [6.45, 7) is 11.8. The van der Waals surface area contributed by atoms with E-state index in [4.69, 9.17) is 14.5 Å². The first-order valence-electron chi connectivity index (χ1n) is 11.1. The molecule has 0 radical (unpaired) electrons. The summed E-state index contributed by atoms with van der Waals surface area (Å²) in [5.74, 6) is 1.64. The molecule has 2 atom stereocenters. The molecule has 1 N–H and O–H groups in total. The predicted octanol–water partition coefficient (Wildman–Crippen LogP) is 2.05. The van der Waals surface area contributed by atoms with Gasteiger partial charge in [-0.25, -0.2) is 9.98 Å². The normalized spacial score (nSPS) is 22.7. The molecule has 1 aromatic heterocycles. The van der Waals surface area contributed by atoms with Crippen LogP contribution in [0.1, 0.15) is 39.2 Å². The van der Waals surface area contributed by atoms with Gasteiger partial charge in [0, 0.05) is 38.9 Å². The molecule has 2 saturated heterocycles. The van der Waals surface area contributed by atoms with Crippen LogP contribution in [0.5, 0.6) is 0 Å². The zero-order chi connectivity index (χ0) is 21.3. The van der Waals surface area contributed by atoms with Crippen molar-refractivity contribution in [3.05, 3.63) is 23.9 Å². The molecule has 8 nitrogen and oxygen atoms in total. The molecule has 8 heteroatoms. The maximum Gasteiger partial charge on any atom is 0.310 e. The number of carbonyl (C=O) groups excluding carboxylic acids is 1. The molecule has 0 aliphatic carbocycles. The largest absolute Gasteiger partial charge is 0.466 e. The Bertz CT molecular complexity index is 709. The quantitative estimate of drug-likeness (QED) is 0.431. The number of morpholine rings is 1. The Labute approximate surface area is 179 Å². The number of carbonyl (C=O) groups is 1. The maximum atomic E-state index is 12.2. The van der Waals surface area contributed by atoms with Gasteiger partial charge in [0.25, 0.3) is 0 Å². The minimum atomic E-state index is -0.102. The number of nitrogens with one attached hydrogen (secondary N) is 1. The van der Waals surface area contributed by atoms with Gasteiger partial charge in [0.05, 0.1) is 31.8 Å². The van der Waals surface area contributed by atoms with Crippen molar-refractivity contribution in [1.29, 1.82) is 0 Å². The Kier molecular flexibility index (Phi) is 8.30. The number of anilines is 1. The van der Waals surface area contributed by atoms with Gasteiger partial charge >= 0.3 is 5.97 Å². The van der Waals surface area contributed by atoms with Gasteiger partial charge in [0.1, 0.15) is 5.82 Å². The number of esters is 1. The van der Waals surface area contributed by atoms with E-state index in [0.717, 1.165) is 63.0 Å². The predicted molar refractivity (Wildman–Crippen MR) is 118 cm³/mol. The van der Waals surface area contributed by atoms with Crippen molar-refractivity contribution in [1.82, 2.24) is 15.2 Å². The summed E-state index contributed by atoms with van der Waals surface area (Å²) in [6.07, 6.45) is 3.97. The van der Waals surface area contributed by atoms with E-state index >= 15 is 0 Å². The third kappa shape index (κ3) is 6.08. The smallest absolute Gasteiger partial charge is 0.310 e. The highest BCUT2D eigenvalue weighted by Crippen LogP contribution is 2.19. The summed E-state index contributed by atoms with van der Waals surface area (Å²) in [5.41, 5.74) is 1.06. The first-order valence-corrected chi connectivity index (χ1v) is 11.1. The molecule has 3 heterocycles. The van der Waals surface area contributed by atoms with E-state index in [-0.39, 0.29) is 18.0 Å². The van der Waals surface area contributed by atoms with Crippen LogP contribution in [-0.2, 0) is 20.8 Å². The number of aromatic nitrogens is 1. The lowest BCUT2D eigenvalue weighted by atomic mass is 9.98. The Morgan fingerprint density at radius 1 is 1.33 bits per heavy atom. The van der Waals surface area contributed by atoms with E-state index in [9.17, 15) is 4.79 Å². The fraction of sp³-hybridized carbons (Fsp3) is 0.682. The molecule has 3 rings (SSSR count). The molecule has 0 bridgehead atoms. The Morgan fingerprint density at radius 2 is 2.20 bits per heavy atom. The monoisotopic (exact) mass is 417 g/mol. The number of hydrogen-bond acceptors (Lipinski definition) is 6. The van der Waals surface area contributed by atoms with Crippen LogP contribution < -0.4 is 10.2 Å². The van der Waals surface area contributed by atoms with Gasteiger partial charge in [-0.2, -0.15) is 0 Å². The van der Waals surface area contributed by atoms with E-state index in [2.05, 4.69) is 46.1 Å². The number of nitrogens with zero attached hydrogens (tertiary/aromatic N) is 4. The Hall–Kier alpha value is -2.35. The van der Waals surface area contributed by atoms with Crippen LogP contribution in [0.2, 0.25) is 0 Å². The molecule has 2 unspecified atom stereocenters. The van der Waals surface area contributed by atoms with Crippen molar-refractivity contribution < 1.29 is 14.3 Å². The average molecular weight is 418 g/mol. The molecular weight excluding hydrogens is 382 g/mol. The van der Waals surface area contributed by atoms with Crippen molar-refractivity contribution >= 4 is 17.7 Å². The number of piperidine rings is 1. The van der Waals surface area contributed by atoms with Crippen LogP contribution in [0.4, 0.5) is 5.82 Å². The van der Waals surface area contributed by atoms with Crippen LogP contribution in [0.3, 0.4) is 0 Å². The third-order valence-corrected chi connectivity index (χ3v) is 5.46. The van der Waals surface area contributed by atoms with Gasteiger partial charge in [0.15, 0.2) is 5.96 Å². The first-order chi connectivity index (χ1) is 14.6. The number of aliphatic imine (C=N–C) groups is 1. The molecule has 0 spiro atoms. The molecule has 2 fully saturated rings. The number of guanidine groups is 1. The van der Waals surface area contributed by atoms with Crippen molar-refractivity contribution in [3.63, 3.8) is 0 Å². The topological polar surface area (TPSA) is 79.3 Å². The fourth-order valence-corrected chi connectivity index (χ4v) is 3.94. The van der Waals surface area contributed by atoms with Crippen molar-refractivity contribution in [3.8, 4) is 0 Å². The van der Waals surface area contributed by atoms with E-state index in [1.807, 2.05) is 13.1 Å².